The summed E-state index contributed by atoms with van der Waals surface area (Å²) in [6.45, 7) is 1.10. The van der Waals surface area contributed by atoms with Crippen molar-refractivity contribution < 1.29 is 15.0 Å². The maximum absolute atomic E-state index is 12.4. The number of carbonyl (C=O) groups excluding carboxylic acids is 1. The Morgan fingerprint density at radius 3 is 3.00 bits per heavy atom. The number of aromatic amines is 1. The largest absolute Gasteiger partial charge is 0.393 e. The number of H-pyrrole nitrogens is 1. The molecule has 1 aromatic carbocycles. The lowest BCUT2D eigenvalue weighted by atomic mass is 9.96. The number of amides is 2. The average Bonchev–Trinajstić information content (AvgIpc) is 3.10. The molecular weight excluding hydrogens is 324 g/mol. The minimum absolute atomic E-state index is 0.174. The van der Waals surface area contributed by atoms with E-state index in [1.165, 1.54) is 0 Å². The molecule has 0 unspecified atom stereocenters. The van der Waals surface area contributed by atoms with Gasteiger partial charge in [0.15, 0.2) is 0 Å². The summed E-state index contributed by atoms with van der Waals surface area (Å²) < 4.78 is 0. The number of aromatic nitrogens is 4. The summed E-state index contributed by atoms with van der Waals surface area (Å²) in [5.41, 5.74) is 0.675. The van der Waals surface area contributed by atoms with Crippen molar-refractivity contribution in [1.82, 2.24) is 30.8 Å². The first kappa shape index (κ1) is 17.3. The monoisotopic (exact) mass is 346 g/mol. The minimum Gasteiger partial charge on any atom is -0.393 e. The number of tetrazole rings is 1. The first-order chi connectivity index (χ1) is 12.1. The zero-order chi connectivity index (χ0) is 17.7. The van der Waals surface area contributed by atoms with Crippen LogP contribution in [-0.4, -0.2) is 67.1 Å². The molecule has 1 fully saturated rings. The molecule has 9 nitrogen and oxygen atoms in total. The van der Waals surface area contributed by atoms with E-state index in [-0.39, 0.29) is 12.6 Å². The molecule has 1 aromatic heterocycles. The van der Waals surface area contributed by atoms with E-state index in [2.05, 4.69) is 25.9 Å². The van der Waals surface area contributed by atoms with Crippen LogP contribution in [0.25, 0.3) is 11.4 Å². The van der Waals surface area contributed by atoms with Crippen LogP contribution in [0.2, 0.25) is 0 Å². The van der Waals surface area contributed by atoms with Crippen LogP contribution in [0.4, 0.5) is 4.79 Å². The molecule has 2 aromatic rings. The Labute approximate surface area is 145 Å². The van der Waals surface area contributed by atoms with Gasteiger partial charge in [-0.2, -0.15) is 5.21 Å². The van der Waals surface area contributed by atoms with Gasteiger partial charge in [-0.25, -0.2) is 4.79 Å². The van der Waals surface area contributed by atoms with Gasteiger partial charge in [-0.15, -0.1) is 10.2 Å². The van der Waals surface area contributed by atoms with Gasteiger partial charge in [-0.1, -0.05) is 18.2 Å². The highest BCUT2D eigenvalue weighted by Crippen LogP contribution is 2.21. The molecule has 0 radical (unpaired) electrons. The Hall–Kier alpha value is -2.52. The minimum atomic E-state index is -1.08. The third-order valence-electron chi connectivity index (χ3n) is 4.47. The van der Waals surface area contributed by atoms with Crippen molar-refractivity contribution in [2.45, 2.75) is 31.4 Å². The first-order valence-corrected chi connectivity index (χ1v) is 8.28. The molecule has 0 spiro atoms. The number of carbonyl (C=O) groups is 1. The summed E-state index contributed by atoms with van der Waals surface area (Å²) >= 11 is 0. The van der Waals surface area contributed by atoms with Crippen molar-refractivity contribution in [2.75, 3.05) is 19.7 Å². The summed E-state index contributed by atoms with van der Waals surface area (Å²) in [5.74, 6) is 0.504. The second kappa shape index (κ2) is 7.58. The van der Waals surface area contributed by atoms with Gasteiger partial charge in [0.2, 0.25) is 5.82 Å². The van der Waals surface area contributed by atoms with Gasteiger partial charge in [0.1, 0.15) is 0 Å². The van der Waals surface area contributed by atoms with Crippen LogP contribution in [-0.2, 0) is 6.54 Å². The number of hydrogen-bond donors (Lipinski definition) is 4. The van der Waals surface area contributed by atoms with Gasteiger partial charge in [0, 0.05) is 25.2 Å². The standard InChI is InChI=1S/C16H22N6O3/c23-11-16(25)5-2-7-22(8-6-16)15(24)17-10-12-3-1-4-13(9-12)14-18-20-21-19-14/h1,3-4,9,23,25H,2,5-8,10-11H2,(H,17,24)(H,18,19,20,21)/t16-/m1/s1. The van der Waals surface area contributed by atoms with Crippen molar-refractivity contribution in [2.24, 2.45) is 0 Å². The maximum atomic E-state index is 12.4. The van der Waals surface area contributed by atoms with Crippen molar-refractivity contribution in [3.63, 3.8) is 0 Å². The van der Waals surface area contributed by atoms with Crippen LogP contribution >= 0.6 is 0 Å². The normalized spacial score (nSPS) is 21.0. The molecule has 0 saturated carbocycles. The van der Waals surface area contributed by atoms with Crippen LogP contribution in [0.3, 0.4) is 0 Å². The predicted octanol–water partition coefficient (Wildman–Crippen LogP) is 0.286. The number of aliphatic hydroxyl groups is 2. The van der Waals surface area contributed by atoms with Crippen molar-refractivity contribution in [1.29, 1.82) is 0 Å². The van der Waals surface area contributed by atoms with Gasteiger partial charge in [0.05, 0.1) is 12.2 Å². The van der Waals surface area contributed by atoms with Gasteiger partial charge in [0.25, 0.3) is 0 Å². The van der Waals surface area contributed by atoms with E-state index in [0.29, 0.717) is 44.7 Å². The lowest BCUT2D eigenvalue weighted by Gasteiger charge is -2.24. The molecular formula is C16H22N6O3. The van der Waals surface area contributed by atoms with E-state index in [1.54, 1.807) is 4.90 Å². The molecule has 25 heavy (non-hydrogen) atoms. The van der Waals surface area contributed by atoms with Gasteiger partial charge >= 0.3 is 6.03 Å². The molecule has 9 heteroatoms. The summed E-state index contributed by atoms with van der Waals surface area (Å²) in [6, 6.07) is 7.39. The van der Waals surface area contributed by atoms with Crippen LogP contribution in [0, 0.1) is 0 Å². The smallest absolute Gasteiger partial charge is 0.317 e. The van der Waals surface area contributed by atoms with Gasteiger partial charge in [-0.05, 0) is 36.1 Å². The van der Waals surface area contributed by atoms with E-state index in [4.69, 9.17) is 0 Å². The average molecular weight is 346 g/mol. The van der Waals surface area contributed by atoms with Crippen molar-refractivity contribution >= 4 is 6.03 Å². The molecule has 0 bridgehead atoms. The predicted molar refractivity (Wildman–Crippen MR) is 89.3 cm³/mol. The third kappa shape index (κ3) is 4.31. The topological polar surface area (TPSA) is 127 Å². The van der Waals surface area contributed by atoms with Crippen LogP contribution in [0.15, 0.2) is 24.3 Å². The van der Waals surface area contributed by atoms with Crippen LogP contribution in [0.1, 0.15) is 24.8 Å². The number of hydrogen-bond acceptors (Lipinski definition) is 6. The van der Waals surface area contributed by atoms with E-state index in [9.17, 15) is 15.0 Å². The number of rotatable bonds is 4. The number of benzene rings is 1. The third-order valence-corrected chi connectivity index (χ3v) is 4.47. The SMILES string of the molecule is O=C(NCc1cccc(-c2nn[nH]n2)c1)N1CCC[C@](O)(CO)CC1. The lowest BCUT2D eigenvalue weighted by Crippen LogP contribution is -2.41. The summed E-state index contributed by atoms with van der Waals surface area (Å²) in [7, 11) is 0. The fourth-order valence-corrected chi connectivity index (χ4v) is 2.93. The van der Waals surface area contributed by atoms with Crippen molar-refractivity contribution in [3.05, 3.63) is 29.8 Å². The Balaban J connectivity index is 1.56. The Morgan fingerprint density at radius 2 is 2.24 bits per heavy atom. The van der Waals surface area contributed by atoms with E-state index < -0.39 is 5.60 Å². The highest BCUT2D eigenvalue weighted by molar-refractivity contribution is 5.74. The van der Waals surface area contributed by atoms with Gasteiger partial charge < -0.3 is 20.4 Å². The molecule has 1 atom stereocenters. The second-order valence-electron chi connectivity index (χ2n) is 6.32. The first-order valence-electron chi connectivity index (χ1n) is 8.28. The van der Waals surface area contributed by atoms with Gasteiger partial charge in [-0.3, -0.25) is 0 Å². The Bertz CT molecular complexity index is 708. The number of nitrogens with zero attached hydrogens (tertiary/aromatic N) is 4. The summed E-state index contributed by atoms with van der Waals surface area (Å²) in [4.78, 5) is 14.0. The summed E-state index contributed by atoms with van der Waals surface area (Å²) in [6.07, 6.45) is 1.54. The lowest BCUT2D eigenvalue weighted by molar-refractivity contribution is -0.0248. The molecule has 1 aliphatic heterocycles. The van der Waals surface area contributed by atoms with Crippen LogP contribution in [0.5, 0.6) is 0 Å². The highest BCUT2D eigenvalue weighted by Gasteiger charge is 2.30. The second-order valence-corrected chi connectivity index (χ2v) is 6.32. The fraction of sp³-hybridized carbons (Fsp3) is 0.500. The summed E-state index contributed by atoms with van der Waals surface area (Å²) in [5, 5.41) is 36.2. The Morgan fingerprint density at radius 1 is 1.36 bits per heavy atom. The quantitative estimate of drug-likeness (QED) is 0.630. The zero-order valence-electron chi connectivity index (χ0n) is 13.9. The zero-order valence-corrected chi connectivity index (χ0v) is 13.9. The number of likely N-dealkylation sites (tertiary alicyclic amines) is 1. The van der Waals surface area contributed by atoms with Crippen LogP contribution < -0.4 is 5.32 Å². The molecule has 2 heterocycles. The number of urea groups is 1. The van der Waals surface area contributed by atoms with Crippen molar-refractivity contribution in [3.8, 4) is 11.4 Å². The van der Waals surface area contributed by atoms with E-state index >= 15 is 0 Å². The molecule has 0 aliphatic carbocycles. The molecule has 1 saturated heterocycles. The molecule has 134 valence electrons. The number of nitrogens with one attached hydrogen (secondary N) is 2. The maximum Gasteiger partial charge on any atom is 0.317 e. The van der Waals surface area contributed by atoms with E-state index in [0.717, 1.165) is 11.1 Å². The molecule has 3 rings (SSSR count). The molecule has 1 aliphatic rings. The Kier molecular flexibility index (Phi) is 5.25. The van der Waals surface area contributed by atoms with E-state index in [1.807, 2.05) is 24.3 Å². The fourth-order valence-electron chi connectivity index (χ4n) is 2.93. The molecule has 4 N–H and O–H groups in total. The molecule has 2 amide bonds. The highest BCUT2D eigenvalue weighted by atomic mass is 16.3. The number of aliphatic hydroxyl groups excluding tert-OH is 1.